The van der Waals surface area contributed by atoms with Gasteiger partial charge in [-0.15, -0.1) is 0 Å². The van der Waals surface area contributed by atoms with Gasteiger partial charge in [0.25, 0.3) is 0 Å². The predicted molar refractivity (Wildman–Crippen MR) is 58.4 cm³/mol. The maximum Gasteiger partial charge on any atom is 0.351 e. The Balaban J connectivity index is 2.94. The van der Waals surface area contributed by atoms with Gasteiger partial charge in [0, 0.05) is 10.5 Å². The number of aliphatic carboxylic acids is 1. The van der Waals surface area contributed by atoms with Gasteiger partial charge in [0.15, 0.2) is 11.6 Å². The van der Waals surface area contributed by atoms with Gasteiger partial charge in [-0.2, -0.15) is 5.10 Å². The minimum Gasteiger partial charge on any atom is -0.477 e. The number of carbonyl (C=O) groups is 1. The Kier molecular flexibility index (Phi) is 3.94. The van der Waals surface area contributed by atoms with E-state index in [1.54, 1.807) is 0 Å². The number of nitrogens with one attached hydrogen (secondary N) is 1. The molecule has 0 radical (unpaired) electrons. The number of hydrogen-bond donors (Lipinski definition) is 2. The lowest BCUT2D eigenvalue weighted by Gasteiger charge is -2.04. The van der Waals surface area contributed by atoms with E-state index in [4.69, 9.17) is 5.11 Å². The van der Waals surface area contributed by atoms with Crippen molar-refractivity contribution in [1.29, 1.82) is 0 Å². The Morgan fingerprint density at radius 2 is 2.00 bits per heavy atom. The van der Waals surface area contributed by atoms with E-state index in [2.05, 4.69) is 26.5 Å². The molecule has 0 heterocycles. The number of anilines is 1. The molecule has 16 heavy (non-hydrogen) atoms. The summed E-state index contributed by atoms with van der Waals surface area (Å²) in [6.07, 6.45) is 0. The van der Waals surface area contributed by atoms with Crippen LogP contribution in [0.3, 0.4) is 0 Å². The SMILES string of the molecule is CC(=NNc1cc(F)c(F)cc1Br)C(=O)O. The van der Waals surface area contributed by atoms with Crippen molar-refractivity contribution in [2.24, 2.45) is 5.10 Å². The van der Waals surface area contributed by atoms with Crippen LogP contribution in [0, 0.1) is 11.6 Å². The normalized spacial score (nSPS) is 11.4. The van der Waals surface area contributed by atoms with E-state index >= 15 is 0 Å². The Labute approximate surface area is 98.1 Å². The summed E-state index contributed by atoms with van der Waals surface area (Å²) in [4.78, 5) is 10.4. The van der Waals surface area contributed by atoms with Crippen LogP contribution in [0.15, 0.2) is 21.7 Å². The van der Waals surface area contributed by atoms with Gasteiger partial charge in [-0.05, 0) is 28.9 Å². The van der Waals surface area contributed by atoms with Crippen molar-refractivity contribution >= 4 is 33.3 Å². The first kappa shape index (κ1) is 12.6. The molecule has 1 aromatic carbocycles. The van der Waals surface area contributed by atoms with Crippen LogP contribution in [0.1, 0.15) is 6.92 Å². The highest BCUT2D eigenvalue weighted by atomic mass is 79.9. The predicted octanol–water partition coefficient (Wildman–Crippen LogP) is 2.60. The van der Waals surface area contributed by atoms with Gasteiger partial charge in [0.05, 0.1) is 5.69 Å². The highest BCUT2D eigenvalue weighted by Crippen LogP contribution is 2.25. The highest BCUT2D eigenvalue weighted by Gasteiger charge is 2.08. The molecule has 0 aliphatic carbocycles. The molecule has 0 atom stereocenters. The Morgan fingerprint density at radius 1 is 1.44 bits per heavy atom. The molecule has 0 bridgehead atoms. The third-order valence-corrected chi connectivity index (χ3v) is 2.32. The Hall–Kier alpha value is -1.50. The fraction of sp³-hybridized carbons (Fsp3) is 0.111. The fourth-order valence-electron chi connectivity index (χ4n) is 0.800. The average molecular weight is 293 g/mol. The lowest BCUT2D eigenvalue weighted by atomic mass is 10.3. The number of rotatable bonds is 3. The molecule has 0 saturated carbocycles. The van der Waals surface area contributed by atoms with Crippen LogP contribution in [0.2, 0.25) is 0 Å². The summed E-state index contributed by atoms with van der Waals surface area (Å²) in [6.45, 7) is 1.27. The van der Waals surface area contributed by atoms with Crippen LogP contribution in [0.4, 0.5) is 14.5 Å². The molecule has 0 saturated heterocycles. The minimum absolute atomic E-state index is 0.138. The largest absolute Gasteiger partial charge is 0.477 e. The van der Waals surface area contributed by atoms with Gasteiger partial charge in [-0.25, -0.2) is 13.6 Å². The van der Waals surface area contributed by atoms with E-state index < -0.39 is 17.6 Å². The third kappa shape index (κ3) is 2.99. The second kappa shape index (κ2) is 5.02. The first-order valence-electron chi connectivity index (χ1n) is 4.10. The monoisotopic (exact) mass is 292 g/mol. The molecule has 7 heteroatoms. The summed E-state index contributed by atoms with van der Waals surface area (Å²) in [7, 11) is 0. The molecule has 0 fully saturated rings. The van der Waals surface area contributed by atoms with Gasteiger partial charge in [0.2, 0.25) is 0 Å². The van der Waals surface area contributed by atoms with Gasteiger partial charge in [0.1, 0.15) is 5.71 Å². The standard InChI is InChI=1S/C9H7BrF2N2O2/c1-4(9(15)16)13-14-8-3-7(12)6(11)2-5(8)10/h2-3,14H,1H3,(H,15,16). The smallest absolute Gasteiger partial charge is 0.351 e. The zero-order valence-electron chi connectivity index (χ0n) is 8.09. The molecular formula is C9H7BrF2N2O2. The van der Waals surface area contributed by atoms with Crippen molar-refractivity contribution in [2.45, 2.75) is 6.92 Å². The summed E-state index contributed by atoms with van der Waals surface area (Å²) in [5, 5.41) is 12.0. The molecular weight excluding hydrogens is 286 g/mol. The highest BCUT2D eigenvalue weighted by molar-refractivity contribution is 9.10. The number of carboxylic acids is 1. The maximum atomic E-state index is 12.8. The number of halogens is 3. The first-order valence-corrected chi connectivity index (χ1v) is 4.89. The second-order valence-corrected chi connectivity index (χ2v) is 3.71. The number of carboxylic acid groups (broad SMARTS) is 1. The van der Waals surface area contributed by atoms with Gasteiger partial charge >= 0.3 is 5.97 Å². The number of benzene rings is 1. The molecule has 0 spiro atoms. The van der Waals surface area contributed by atoms with E-state index in [0.29, 0.717) is 0 Å². The average Bonchev–Trinajstić information content (AvgIpc) is 2.20. The van der Waals surface area contributed by atoms with E-state index in [9.17, 15) is 13.6 Å². The van der Waals surface area contributed by atoms with E-state index in [1.165, 1.54) is 6.92 Å². The van der Waals surface area contributed by atoms with Gasteiger partial charge in [-0.1, -0.05) is 0 Å². The molecule has 0 aliphatic rings. The summed E-state index contributed by atoms with van der Waals surface area (Å²) in [6, 6.07) is 1.79. The van der Waals surface area contributed by atoms with Crippen molar-refractivity contribution in [3.05, 3.63) is 28.2 Å². The lowest BCUT2D eigenvalue weighted by molar-refractivity contribution is -0.129. The van der Waals surface area contributed by atoms with Crippen LogP contribution in [-0.4, -0.2) is 16.8 Å². The van der Waals surface area contributed by atoms with Crippen LogP contribution < -0.4 is 5.43 Å². The number of hydrogen-bond acceptors (Lipinski definition) is 3. The molecule has 2 N–H and O–H groups in total. The minimum atomic E-state index is -1.20. The van der Waals surface area contributed by atoms with Crippen LogP contribution in [0.5, 0.6) is 0 Å². The molecule has 0 aliphatic heterocycles. The van der Waals surface area contributed by atoms with Crippen molar-refractivity contribution in [3.8, 4) is 0 Å². The first-order chi connectivity index (χ1) is 7.41. The zero-order chi connectivity index (χ0) is 12.3. The van der Waals surface area contributed by atoms with E-state index in [0.717, 1.165) is 12.1 Å². The van der Waals surface area contributed by atoms with Crippen LogP contribution in [0.25, 0.3) is 0 Å². The fourth-order valence-corrected chi connectivity index (χ4v) is 1.20. The Morgan fingerprint density at radius 3 is 2.56 bits per heavy atom. The summed E-state index contributed by atoms with van der Waals surface area (Å²) in [5.74, 6) is -3.25. The maximum absolute atomic E-state index is 12.8. The molecule has 4 nitrogen and oxygen atoms in total. The van der Waals surface area contributed by atoms with Crippen LogP contribution >= 0.6 is 15.9 Å². The summed E-state index contributed by atoms with van der Waals surface area (Å²) in [5.41, 5.74) is 2.26. The quantitative estimate of drug-likeness (QED) is 0.511. The zero-order valence-corrected chi connectivity index (χ0v) is 9.68. The van der Waals surface area contributed by atoms with Gasteiger partial charge in [-0.3, -0.25) is 5.43 Å². The van der Waals surface area contributed by atoms with Crippen molar-refractivity contribution < 1.29 is 18.7 Å². The topological polar surface area (TPSA) is 61.7 Å². The van der Waals surface area contributed by atoms with Crippen LogP contribution in [-0.2, 0) is 4.79 Å². The van der Waals surface area contributed by atoms with E-state index in [-0.39, 0.29) is 15.9 Å². The lowest BCUT2D eigenvalue weighted by Crippen LogP contribution is -2.10. The number of hydrazone groups is 1. The Bertz CT molecular complexity index is 463. The molecule has 86 valence electrons. The summed E-state index contributed by atoms with van der Waals surface area (Å²) >= 11 is 2.98. The van der Waals surface area contributed by atoms with Gasteiger partial charge < -0.3 is 5.11 Å². The van der Waals surface area contributed by atoms with E-state index in [1.807, 2.05) is 0 Å². The molecule has 1 aromatic rings. The molecule has 0 amide bonds. The number of nitrogens with zero attached hydrogens (tertiary/aromatic N) is 1. The molecule has 1 rings (SSSR count). The second-order valence-electron chi connectivity index (χ2n) is 2.86. The van der Waals surface area contributed by atoms with Crippen molar-refractivity contribution in [2.75, 3.05) is 5.43 Å². The molecule has 0 aromatic heterocycles. The summed E-state index contributed by atoms with van der Waals surface area (Å²) < 4.78 is 25.8. The van der Waals surface area contributed by atoms with Crippen molar-refractivity contribution in [3.63, 3.8) is 0 Å². The van der Waals surface area contributed by atoms with Crippen molar-refractivity contribution in [1.82, 2.24) is 0 Å². The molecule has 0 unspecified atom stereocenters. The third-order valence-electron chi connectivity index (χ3n) is 1.66.